The first-order valence-electron chi connectivity index (χ1n) is 8.75. The van der Waals surface area contributed by atoms with Gasteiger partial charge in [-0.25, -0.2) is 9.97 Å². The highest BCUT2D eigenvalue weighted by Crippen LogP contribution is 2.22. The third-order valence-electron chi connectivity index (χ3n) is 4.34. The molecule has 1 aliphatic carbocycles. The highest BCUT2D eigenvalue weighted by atomic mass is 14.9. The Morgan fingerprint density at radius 1 is 1.14 bits per heavy atom. The molecule has 0 aromatic carbocycles. The first-order chi connectivity index (χ1) is 10.2. The van der Waals surface area contributed by atoms with Gasteiger partial charge in [0.2, 0.25) is 0 Å². The average Bonchev–Trinajstić information content (AvgIpc) is 2.70. The van der Waals surface area contributed by atoms with Crippen molar-refractivity contribution in [2.45, 2.75) is 78.2 Å². The van der Waals surface area contributed by atoms with E-state index in [1.165, 1.54) is 55.5 Å². The van der Waals surface area contributed by atoms with Gasteiger partial charge in [-0.3, -0.25) is 0 Å². The van der Waals surface area contributed by atoms with Crippen molar-refractivity contribution in [2.24, 2.45) is 5.92 Å². The van der Waals surface area contributed by atoms with E-state index in [4.69, 9.17) is 0 Å². The topological polar surface area (TPSA) is 37.8 Å². The second-order valence-corrected chi connectivity index (χ2v) is 6.79. The van der Waals surface area contributed by atoms with Crippen LogP contribution >= 0.6 is 0 Å². The summed E-state index contributed by atoms with van der Waals surface area (Å²) < 4.78 is 0. The molecule has 0 amide bonds. The largest absolute Gasteiger partial charge is 0.314 e. The zero-order valence-electron chi connectivity index (χ0n) is 14.0. The van der Waals surface area contributed by atoms with Gasteiger partial charge < -0.3 is 5.32 Å². The minimum absolute atomic E-state index is 0.548. The van der Waals surface area contributed by atoms with E-state index in [1.54, 1.807) is 6.33 Å². The minimum atomic E-state index is 0.548. The van der Waals surface area contributed by atoms with Crippen LogP contribution in [-0.4, -0.2) is 22.6 Å². The Morgan fingerprint density at radius 2 is 1.95 bits per heavy atom. The summed E-state index contributed by atoms with van der Waals surface area (Å²) in [5.74, 6) is 0.722. The van der Waals surface area contributed by atoms with E-state index in [9.17, 15) is 0 Å². The molecule has 118 valence electrons. The van der Waals surface area contributed by atoms with E-state index >= 15 is 0 Å². The fourth-order valence-corrected chi connectivity index (χ4v) is 3.33. The van der Waals surface area contributed by atoms with E-state index in [1.807, 2.05) is 0 Å². The Balaban J connectivity index is 2.12. The number of aryl methyl sites for hydroxylation is 1. The summed E-state index contributed by atoms with van der Waals surface area (Å²) in [7, 11) is 0. The number of rotatable bonds is 7. The van der Waals surface area contributed by atoms with Gasteiger partial charge in [0.1, 0.15) is 6.33 Å². The predicted octanol–water partition coefficient (Wildman–Crippen LogP) is 3.70. The maximum atomic E-state index is 4.64. The predicted molar refractivity (Wildman–Crippen MR) is 88.5 cm³/mol. The number of nitrogens with one attached hydrogen (secondary N) is 1. The standard InChI is InChI=1S/C18H31N3/c1-4-10-19-15(11-14(2)3)12-18-16-8-6-5-7-9-17(16)20-13-21-18/h13-15,19H,4-12H2,1-3H3. The van der Waals surface area contributed by atoms with Crippen LogP contribution in [0.4, 0.5) is 0 Å². The smallest absolute Gasteiger partial charge is 0.115 e. The van der Waals surface area contributed by atoms with Crippen LogP contribution in [0.5, 0.6) is 0 Å². The summed E-state index contributed by atoms with van der Waals surface area (Å²) in [6, 6.07) is 0.548. The van der Waals surface area contributed by atoms with Crippen molar-refractivity contribution in [1.82, 2.24) is 15.3 Å². The number of fused-ring (bicyclic) bond motifs is 1. The van der Waals surface area contributed by atoms with Gasteiger partial charge >= 0.3 is 0 Å². The molecule has 1 unspecified atom stereocenters. The molecule has 0 fully saturated rings. The van der Waals surface area contributed by atoms with Crippen molar-refractivity contribution in [2.75, 3.05) is 6.54 Å². The molecular weight excluding hydrogens is 258 g/mol. The van der Waals surface area contributed by atoms with E-state index in [0.717, 1.165) is 25.3 Å². The minimum Gasteiger partial charge on any atom is -0.314 e. The van der Waals surface area contributed by atoms with E-state index in [0.29, 0.717) is 6.04 Å². The number of hydrogen-bond donors (Lipinski definition) is 1. The molecule has 1 heterocycles. The molecular formula is C18H31N3. The van der Waals surface area contributed by atoms with Crippen molar-refractivity contribution < 1.29 is 0 Å². The van der Waals surface area contributed by atoms with Gasteiger partial charge in [0, 0.05) is 23.9 Å². The lowest BCUT2D eigenvalue weighted by molar-refractivity contribution is 0.412. The molecule has 1 N–H and O–H groups in total. The second-order valence-electron chi connectivity index (χ2n) is 6.79. The van der Waals surface area contributed by atoms with Gasteiger partial charge in [0.05, 0.1) is 0 Å². The molecule has 1 atom stereocenters. The zero-order valence-corrected chi connectivity index (χ0v) is 14.0. The Morgan fingerprint density at radius 3 is 2.71 bits per heavy atom. The number of nitrogens with zero attached hydrogens (tertiary/aromatic N) is 2. The van der Waals surface area contributed by atoms with Crippen molar-refractivity contribution in [3.63, 3.8) is 0 Å². The molecule has 1 aromatic heterocycles. The summed E-state index contributed by atoms with van der Waals surface area (Å²) in [4.78, 5) is 9.18. The Hall–Kier alpha value is -0.960. The highest BCUT2D eigenvalue weighted by Gasteiger charge is 2.18. The Bertz CT molecular complexity index is 428. The van der Waals surface area contributed by atoms with Crippen LogP contribution < -0.4 is 5.32 Å². The van der Waals surface area contributed by atoms with Gasteiger partial charge in [-0.1, -0.05) is 27.2 Å². The molecule has 1 aromatic rings. The molecule has 3 heteroatoms. The average molecular weight is 289 g/mol. The highest BCUT2D eigenvalue weighted by molar-refractivity contribution is 5.27. The van der Waals surface area contributed by atoms with Gasteiger partial charge in [0.25, 0.3) is 0 Å². The fraction of sp³-hybridized carbons (Fsp3) is 0.778. The van der Waals surface area contributed by atoms with Gasteiger partial charge in [-0.2, -0.15) is 0 Å². The fourth-order valence-electron chi connectivity index (χ4n) is 3.33. The summed E-state index contributed by atoms with van der Waals surface area (Å²) in [6.45, 7) is 7.95. The lowest BCUT2D eigenvalue weighted by Crippen LogP contribution is -2.33. The Labute approximate surface area is 130 Å². The van der Waals surface area contributed by atoms with Crippen LogP contribution in [0.1, 0.15) is 69.8 Å². The van der Waals surface area contributed by atoms with Crippen molar-refractivity contribution in [3.05, 3.63) is 23.3 Å². The van der Waals surface area contributed by atoms with Crippen LogP contribution in [0.3, 0.4) is 0 Å². The summed E-state index contributed by atoms with van der Waals surface area (Å²) >= 11 is 0. The van der Waals surface area contributed by atoms with E-state index in [2.05, 4.69) is 36.1 Å². The second kappa shape index (κ2) is 8.47. The van der Waals surface area contributed by atoms with Crippen LogP contribution in [0.2, 0.25) is 0 Å². The Kier molecular flexibility index (Phi) is 6.62. The van der Waals surface area contributed by atoms with Crippen molar-refractivity contribution >= 4 is 0 Å². The van der Waals surface area contributed by atoms with Gasteiger partial charge in [-0.15, -0.1) is 0 Å². The van der Waals surface area contributed by atoms with E-state index < -0.39 is 0 Å². The zero-order chi connectivity index (χ0) is 15.1. The summed E-state index contributed by atoms with van der Waals surface area (Å²) in [6.07, 6.45) is 11.5. The molecule has 0 spiro atoms. The molecule has 3 nitrogen and oxygen atoms in total. The molecule has 1 aliphatic rings. The van der Waals surface area contributed by atoms with Crippen molar-refractivity contribution in [3.8, 4) is 0 Å². The number of aromatic nitrogens is 2. The molecule has 0 saturated heterocycles. The van der Waals surface area contributed by atoms with Gasteiger partial charge in [-0.05, 0) is 56.6 Å². The maximum absolute atomic E-state index is 4.64. The van der Waals surface area contributed by atoms with Crippen LogP contribution in [0, 0.1) is 5.92 Å². The molecule has 2 rings (SSSR count). The van der Waals surface area contributed by atoms with Crippen LogP contribution in [0.25, 0.3) is 0 Å². The van der Waals surface area contributed by atoms with E-state index in [-0.39, 0.29) is 0 Å². The number of hydrogen-bond acceptors (Lipinski definition) is 3. The van der Waals surface area contributed by atoms with Crippen molar-refractivity contribution in [1.29, 1.82) is 0 Å². The lowest BCUT2D eigenvalue weighted by atomic mass is 9.96. The lowest BCUT2D eigenvalue weighted by Gasteiger charge is -2.21. The summed E-state index contributed by atoms with van der Waals surface area (Å²) in [5.41, 5.74) is 4.08. The van der Waals surface area contributed by atoms with Gasteiger partial charge in [0.15, 0.2) is 0 Å². The summed E-state index contributed by atoms with van der Waals surface area (Å²) in [5, 5.41) is 3.71. The quantitative estimate of drug-likeness (QED) is 0.778. The third kappa shape index (κ3) is 5.06. The first-order valence-corrected chi connectivity index (χ1v) is 8.75. The molecule has 21 heavy (non-hydrogen) atoms. The van der Waals surface area contributed by atoms with Crippen LogP contribution in [-0.2, 0) is 19.3 Å². The third-order valence-corrected chi connectivity index (χ3v) is 4.34. The molecule has 0 bridgehead atoms. The monoisotopic (exact) mass is 289 g/mol. The molecule has 0 radical (unpaired) electrons. The molecule has 0 saturated carbocycles. The maximum Gasteiger partial charge on any atom is 0.115 e. The SMILES string of the molecule is CCCNC(Cc1ncnc2c1CCCCC2)CC(C)C. The van der Waals surface area contributed by atoms with Crippen LogP contribution in [0.15, 0.2) is 6.33 Å². The normalized spacial score (nSPS) is 16.6. The first kappa shape index (κ1) is 16.4. The molecule has 0 aliphatic heterocycles.